The van der Waals surface area contributed by atoms with E-state index in [9.17, 15) is 4.79 Å². The van der Waals surface area contributed by atoms with Crippen molar-refractivity contribution in [2.45, 2.75) is 59.9 Å². The summed E-state index contributed by atoms with van der Waals surface area (Å²) < 4.78 is 22.4. The Morgan fingerprint density at radius 1 is 1.03 bits per heavy atom. The van der Waals surface area contributed by atoms with Crippen molar-refractivity contribution in [3.63, 3.8) is 0 Å². The van der Waals surface area contributed by atoms with Crippen LogP contribution in [-0.4, -0.2) is 33.2 Å². The van der Waals surface area contributed by atoms with Gasteiger partial charge in [-0.1, -0.05) is 47.6 Å². The minimum Gasteiger partial charge on any atom is -0.476 e. The lowest BCUT2D eigenvalue weighted by molar-refractivity contribution is -0.158. The van der Waals surface area contributed by atoms with E-state index in [2.05, 4.69) is 27.2 Å². The van der Waals surface area contributed by atoms with Gasteiger partial charge in [-0.15, -0.1) is 0 Å². The molecule has 37 heavy (non-hydrogen) atoms. The molecule has 0 N–H and O–H groups in total. The summed E-state index contributed by atoms with van der Waals surface area (Å²) in [5.41, 5.74) is 3.68. The number of nitrogens with zero attached hydrogens (tertiary/aromatic N) is 3. The molecule has 0 unspecified atom stereocenters. The Balaban J connectivity index is 1.53. The maximum Gasteiger partial charge on any atom is 0.349 e. The van der Waals surface area contributed by atoms with Crippen LogP contribution in [0.1, 0.15) is 49.0 Å². The molecule has 0 radical (unpaired) electrons. The Morgan fingerprint density at radius 3 is 2.41 bits per heavy atom. The summed E-state index contributed by atoms with van der Waals surface area (Å²) in [6, 6.07) is 16.0. The smallest absolute Gasteiger partial charge is 0.349 e. The molecule has 2 aromatic carbocycles. The molecule has 2 aromatic heterocycles. The van der Waals surface area contributed by atoms with Gasteiger partial charge in [-0.3, -0.25) is 4.90 Å². The molecule has 8 heteroatoms. The average Bonchev–Trinajstić information content (AvgIpc) is 3.55. The number of hydrogen-bond acceptors (Lipinski definition) is 8. The van der Waals surface area contributed by atoms with Crippen molar-refractivity contribution < 1.29 is 23.2 Å². The molecule has 0 fully saturated rings. The monoisotopic (exact) mass is 503 g/mol. The first-order valence-electron chi connectivity index (χ1n) is 12.3. The van der Waals surface area contributed by atoms with Gasteiger partial charge in [0.1, 0.15) is 12.0 Å². The van der Waals surface area contributed by atoms with Crippen molar-refractivity contribution in [3.8, 4) is 17.1 Å². The Bertz CT molecular complexity index is 1290. The van der Waals surface area contributed by atoms with Crippen molar-refractivity contribution in [3.05, 3.63) is 89.3 Å². The number of carbonyl (C=O) groups is 1. The van der Waals surface area contributed by atoms with E-state index in [-0.39, 0.29) is 0 Å². The molecule has 0 saturated heterocycles. The molecule has 0 saturated carbocycles. The van der Waals surface area contributed by atoms with Crippen LogP contribution in [0.25, 0.3) is 11.3 Å². The molecule has 8 nitrogen and oxygen atoms in total. The lowest BCUT2D eigenvalue weighted by atomic mass is 10.0. The number of oxazole rings is 1. The van der Waals surface area contributed by atoms with Gasteiger partial charge >= 0.3 is 5.97 Å². The number of benzene rings is 2. The van der Waals surface area contributed by atoms with Crippen molar-refractivity contribution in [1.82, 2.24) is 15.0 Å². The zero-order valence-electron chi connectivity index (χ0n) is 22.0. The van der Waals surface area contributed by atoms with Crippen molar-refractivity contribution in [2.75, 3.05) is 6.61 Å². The lowest BCUT2D eigenvalue weighted by Gasteiger charge is -2.27. The second-order valence-corrected chi connectivity index (χ2v) is 9.51. The molecular weight excluding hydrogens is 470 g/mol. The molecule has 4 aromatic rings. The van der Waals surface area contributed by atoms with Crippen molar-refractivity contribution in [1.29, 1.82) is 0 Å². The van der Waals surface area contributed by atoms with E-state index in [4.69, 9.17) is 18.4 Å². The van der Waals surface area contributed by atoms with Crippen LogP contribution in [0.5, 0.6) is 5.75 Å². The molecule has 0 bridgehead atoms. The van der Waals surface area contributed by atoms with Gasteiger partial charge in [0.15, 0.2) is 11.4 Å². The minimum absolute atomic E-state index is 0.307. The fraction of sp³-hybridized carbons (Fsp3) is 0.345. The fourth-order valence-corrected chi connectivity index (χ4v) is 4.20. The highest BCUT2D eigenvalue weighted by Crippen LogP contribution is 2.30. The topological polar surface area (TPSA) is 90.8 Å². The van der Waals surface area contributed by atoms with Crippen LogP contribution in [0.2, 0.25) is 0 Å². The van der Waals surface area contributed by atoms with Crippen LogP contribution in [0, 0.1) is 13.8 Å². The maximum atomic E-state index is 12.3. The van der Waals surface area contributed by atoms with Crippen LogP contribution in [0.4, 0.5) is 0 Å². The molecule has 0 spiro atoms. The highest BCUT2D eigenvalue weighted by Gasteiger charge is 2.32. The van der Waals surface area contributed by atoms with Gasteiger partial charge in [-0.2, -0.15) is 0 Å². The molecule has 0 atom stereocenters. The Kier molecular flexibility index (Phi) is 8.08. The summed E-state index contributed by atoms with van der Waals surface area (Å²) in [6.07, 6.45) is 3.21. The highest BCUT2D eigenvalue weighted by atomic mass is 16.6. The Hall–Kier alpha value is -3.91. The number of hydrogen-bond donors (Lipinski definition) is 0. The summed E-state index contributed by atoms with van der Waals surface area (Å²) in [6.45, 7) is 11.2. The number of ether oxygens (including phenoxy) is 2. The van der Waals surface area contributed by atoms with E-state index in [0.717, 1.165) is 33.7 Å². The summed E-state index contributed by atoms with van der Waals surface area (Å²) in [4.78, 5) is 18.8. The normalized spacial score (nSPS) is 11.6. The second-order valence-electron chi connectivity index (χ2n) is 9.51. The largest absolute Gasteiger partial charge is 0.476 e. The van der Waals surface area contributed by atoms with Crippen LogP contribution < -0.4 is 4.74 Å². The van der Waals surface area contributed by atoms with E-state index < -0.39 is 11.6 Å². The van der Waals surface area contributed by atoms with Crippen molar-refractivity contribution in [2.24, 2.45) is 0 Å². The van der Waals surface area contributed by atoms with E-state index in [1.807, 2.05) is 50.2 Å². The number of aromatic nitrogens is 2. The van der Waals surface area contributed by atoms with Crippen LogP contribution >= 0.6 is 0 Å². The first-order valence-corrected chi connectivity index (χ1v) is 12.3. The molecule has 0 amide bonds. The lowest BCUT2D eigenvalue weighted by Crippen LogP contribution is -2.40. The number of carbonyl (C=O) groups excluding carboxylic acids is 1. The van der Waals surface area contributed by atoms with E-state index in [0.29, 0.717) is 37.9 Å². The quantitative estimate of drug-likeness (QED) is 0.235. The fourth-order valence-electron chi connectivity index (χ4n) is 4.20. The summed E-state index contributed by atoms with van der Waals surface area (Å²) in [5.74, 6) is 1.64. The van der Waals surface area contributed by atoms with Gasteiger partial charge in [0.2, 0.25) is 5.89 Å². The number of rotatable bonds is 11. The molecule has 0 aliphatic heterocycles. The third-order valence-electron chi connectivity index (χ3n) is 5.90. The molecule has 2 heterocycles. The van der Waals surface area contributed by atoms with Gasteiger partial charge in [-0.05, 0) is 51.3 Å². The second kappa shape index (κ2) is 11.4. The zero-order chi connectivity index (χ0) is 26.4. The summed E-state index contributed by atoms with van der Waals surface area (Å²) in [7, 11) is 0. The summed E-state index contributed by atoms with van der Waals surface area (Å²) >= 11 is 0. The van der Waals surface area contributed by atoms with Crippen LogP contribution in [-0.2, 0) is 29.2 Å². The zero-order valence-corrected chi connectivity index (χ0v) is 22.0. The standard InChI is InChI=1S/C29H33N3O5/c1-6-34-28(33)29(4,5)36-27-20(2)14-22(15-21(27)3)17-32(19-26-30-12-13-35-26)18-24-16-25(37-31-24)23-10-8-7-9-11-23/h7-16H,6,17-19H2,1-5H3. The minimum atomic E-state index is -1.09. The molecule has 0 aliphatic carbocycles. The van der Waals surface area contributed by atoms with Crippen molar-refractivity contribution >= 4 is 5.97 Å². The van der Waals surface area contributed by atoms with Gasteiger partial charge in [-0.25, -0.2) is 9.78 Å². The number of aryl methyl sites for hydroxylation is 2. The molecule has 4 rings (SSSR count). The van der Waals surface area contributed by atoms with Crippen LogP contribution in [0.15, 0.2) is 69.9 Å². The third-order valence-corrected chi connectivity index (χ3v) is 5.90. The van der Waals surface area contributed by atoms with E-state index in [1.165, 1.54) is 0 Å². The summed E-state index contributed by atoms with van der Waals surface area (Å²) in [5, 5.41) is 4.29. The Morgan fingerprint density at radius 2 is 1.76 bits per heavy atom. The SMILES string of the molecule is CCOC(=O)C(C)(C)Oc1c(C)cc(CN(Cc2cc(-c3ccccc3)on2)Cc2ncco2)cc1C. The maximum absolute atomic E-state index is 12.3. The van der Waals surface area contributed by atoms with Gasteiger partial charge in [0.25, 0.3) is 0 Å². The third kappa shape index (κ3) is 6.65. The van der Waals surface area contributed by atoms with Gasteiger partial charge in [0.05, 0.1) is 25.0 Å². The molecule has 194 valence electrons. The molecule has 0 aliphatic rings. The average molecular weight is 504 g/mol. The highest BCUT2D eigenvalue weighted by molar-refractivity contribution is 5.79. The predicted molar refractivity (Wildman–Crippen MR) is 139 cm³/mol. The molecular formula is C29H33N3O5. The van der Waals surface area contributed by atoms with Crippen LogP contribution in [0.3, 0.4) is 0 Å². The first-order chi connectivity index (χ1) is 17.7. The van der Waals surface area contributed by atoms with Gasteiger partial charge < -0.3 is 18.4 Å². The predicted octanol–water partition coefficient (Wildman–Crippen LogP) is 5.87. The van der Waals surface area contributed by atoms with E-state index in [1.54, 1.807) is 33.2 Å². The number of esters is 1. The first kappa shape index (κ1) is 26.2. The van der Waals surface area contributed by atoms with E-state index >= 15 is 0 Å². The van der Waals surface area contributed by atoms with Gasteiger partial charge in [0, 0.05) is 24.7 Å². The Labute approximate surface area is 217 Å².